The molecule has 0 amide bonds. The van der Waals surface area contributed by atoms with Crippen molar-refractivity contribution in [2.75, 3.05) is 26.3 Å². The Bertz CT molecular complexity index is 288. The van der Waals surface area contributed by atoms with Crippen LogP contribution in [0.4, 0.5) is 0 Å². The van der Waals surface area contributed by atoms with Gasteiger partial charge in [0.15, 0.2) is 0 Å². The number of hydrogen-bond donors (Lipinski definition) is 0. The molecule has 0 aromatic rings. The van der Waals surface area contributed by atoms with Crippen LogP contribution in [0.3, 0.4) is 0 Å². The fourth-order valence-electron chi connectivity index (χ4n) is 2.09. The van der Waals surface area contributed by atoms with Crippen LogP contribution in [0.25, 0.3) is 0 Å². The molecule has 0 fully saturated rings. The van der Waals surface area contributed by atoms with E-state index in [9.17, 15) is 9.59 Å². The third kappa shape index (κ3) is 8.71. The van der Waals surface area contributed by atoms with Gasteiger partial charge in [-0.15, -0.1) is 0 Å². The Balaban J connectivity index is 4.78. The lowest BCUT2D eigenvalue weighted by molar-refractivity contribution is -0.156. The summed E-state index contributed by atoms with van der Waals surface area (Å²) in [6, 6.07) is -0.527. The molecule has 0 rings (SSSR count). The lowest BCUT2D eigenvalue weighted by atomic mass is 10.1. The van der Waals surface area contributed by atoms with Crippen molar-refractivity contribution >= 4 is 11.9 Å². The first-order chi connectivity index (χ1) is 10.1. The number of rotatable bonds is 12. The quantitative estimate of drug-likeness (QED) is 0.519. The van der Waals surface area contributed by atoms with Gasteiger partial charge in [0.2, 0.25) is 0 Å². The lowest BCUT2D eigenvalue weighted by Crippen LogP contribution is -2.44. The molecule has 21 heavy (non-hydrogen) atoms. The molecule has 0 heterocycles. The molecule has 1 atom stereocenters. The average Bonchev–Trinajstić information content (AvgIpc) is 2.48. The minimum atomic E-state index is -0.527. The van der Waals surface area contributed by atoms with E-state index in [0.717, 1.165) is 38.8 Å². The Morgan fingerprint density at radius 2 is 1.38 bits per heavy atom. The van der Waals surface area contributed by atoms with E-state index in [0.29, 0.717) is 13.2 Å². The highest BCUT2D eigenvalue weighted by Gasteiger charge is 2.29. The van der Waals surface area contributed by atoms with Crippen LogP contribution >= 0.6 is 0 Å². The molecule has 0 aliphatic carbocycles. The number of carbonyl (C=O) groups excluding carboxylic acids is 2. The smallest absolute Gasteiger partial charge is 0.323 e. The summed E-state index contributed by atoms with van der Waals surface area (Å²) in [6.45, 7) is 10.4. The summed E-state index contributed by atoms with van der Waals surface area (Å²) in [6.07, 6.45) is 3.50. The number of nitrogens with zero attached hydrogens (tertiary/aromatic N) is 1. The van der Waals surface area contributed by atoms with Crippen molar-refractivity contribution in [2.24, 2.45) is 0 Å². The van der Waals surface area contributed by atoms with Gasteiger partial charge in [0, 0.05) is 0 Å². The van der Waals surface area contributed by atoms with Gasteiger partial charge in [-0.25, -0.2) is 0 Å². The molecule has 0 radical (unpaired) electrons. The summed E-state index contributed by atoms with van der Waals surface area (Å²) in [7, 11) is 0. The normalized spacial score (nSPS) is 12.2. The predicted octanol–water partition coefficient (Wildman–Crippen LogP) is 2.77. The third-order valence-electron chi connectivity index (χ3n) is 3.01. The highest BCUT2D eigenvalue weighted by Crippen LogP contribution is 2.11. The first-order valence-corrected chi connectivity index (χ1v) is 8.16. The molecule has 0 aromatic heterocycles. The van der Waals surface area contributed by atoms with Crippen molar-refractivity contribution in [3.05, 3.63) is 0 Å². The van der Waals surface area contributed by atoms with Crippen molar-refractivity contribution < 1.29 is 19.1 Å². The standard InChI is InChI=1S/C16H31NO4/c1-5-9-17(10-6-2)14(16(19)21-12-8-4)13-15(18)20-11-7-3/h14H,5-13H2,1-4H3. The van der Waals surface area contributed by atoms with Crippen molar-refractivity contribution in [1.82, 2.24) is 4.90 Å². The van der Waals surface area contributed by atoms with Gasteiger partial charge in [-0.05, 0) is 38.8 Å². The maximum Gasteiger partial charge on any atom is 0.323 e. The summed E-state index contributed by atoms with van der Waals surface area (Å²) in [4.78, 5) is 26.1. The second kappa shape index (κ2) is 12.6. The molecule has 0 N–H and O–H groups in total. The number of ether oxygens (including phenoxy) is 2. The molecule has 0 aromatic carbocycles. The van der Waals surface area contributed by atoms with Gasteiger partial charge in [0.25, 0.3) is 0 Å². The first-order valence-electron chi connectivity index (χ1n) is 8.16. The van der Waals surface area contributed by atoms with Crippen LogP contribution in [-0.4, -0.2) is 49.2 Å². The van der Waals surface area contributed by atoms with E-state index in [-0.39, 0.29) is 18.4 Å². The minimum absolute atomic E-state index is 0.0720. The van der Waals surface area contributed by atoms with Crippen molar-refractivity contribution in [3.63, 3.8) is 0 Å². The zero-order valence-electron chi connectivity index (χ0n) is 14.0. The largest absolute Gasteiger partial charge is 0.466 e. The van der Waals surface area contributed by atoms with Crippen molar-refractivity contribution in [3.8, 4) is 0 Å². The Labute approximate surface area is 129 Å². The fraction of sp³-hybridized carbons (Fsp3) is 0.875. The number of esters is 2. The average molecular weight is 301 g/mol. The molecule has 0 saturated carbocycles. The van der Waals surface area contributed by atoms with Gasteiger partial charge in [0.05, 0.1) is 19.6 Å². The van der Waals surface area contributed by atoms with Gasteiger partial charge >= 0.3 is 11.9 Å². The lowest BCUT2D eigenvalue weighted by Gasteiger charge is -2.29. The summed E-state index contributed by atoms with van der Waals surface area (Å²) >= 11 is 0. The number of carbonyl (C=O) groups is 2. The third-order valence-corrected chi connectivity index (χ3v) is 3.01. The number of hydrogen-bond acceptors (Lipinski definition) is 5. The van der Waals surface area contributed by atoms with Gasteiger partial charge < -0.3 is 9.47 Å². The molecule has 0 aliphatic rings. The van der Waals surface area contributed by atoms with Crippen LogP contribution in [0.2, 0.25) is 0 Å². The predicted molar refractivity (Wildman–Crippen MR) is 83.1 cm³/mol. The molecular weight excluding hydrogens is 270 g/mol. The van der Waals surface area contributed by atoms with Gasteiger partial charge in [-0.2, -0.15) is 0 Å². The van der Waals surface area contributed by atoms with Crippen LogP contribution in [0, 0.1) is 0 Å². The molecule has 124 valence electrons. The van der Waals surface area contributed by atoms with E-state index >= 15 is 0 Å². The van der Waals surface area contributed by atoms with Gasteiger partial charge in [-0.1, -0.05) is 27.7 Å². The maximum atomic E-state index is 12.2. The maximum absolute atomic E-state index is 12.2. The highest BCUT2D eigenvalue weighted by atomic mass is 16.5. The monoisotopic (exact) mass is 301 g/mol. The molecule has 0 bridgehead atoms. The summed E-state index contributed by atoms with van der Waals surface area (Å²) in [5.74, 6) is -0.639. The molecular formula is C16H31NO4. The molecule has 1 unspecified atom stereocenters. The molecule has 5 nitrogen and oxygen atoms in total. The van der Waals surface area contributed by atoms with Crippen LogP contribution < -0.4 is 0 Å². The van der Waals surface area contributed by atoms with Crippen LogP contribution in [0.5, 0.6) is 0 Å². The summed E-state index contributed by atoms with van der Waals surface area (Å²) in [5, 5.41) is 0. The van der Waals surface area contributed by atoms with E-state index < -0.39 is 6.04 Å². The Kier molecular flexibility index (Phi) is 12.0. The highest BCUT2D eigenvalue weighted by molar-refractivity contribution is 5.82. The Morgan fingerprint density at radius 3 is 1.86 bits per heavy atom. The zero-order chi connectivity index (χ0) is 16.1. The molecule has 0 spiro atoms. The van der Waals surface area contributed by atoms with E-state index in [4.69, 9.17) is 9.47 Å². The van der Waals surface area contributed by atoms with Crippen LogP contribution in [0.1, 0.15) is 59.8 Å². The first kappa shape index (κ1) is 19.9. The minimum Gasteiger partial charge on any atom is -0.466 e. The fourth-order valence-corrected chi connectivity index (χ4v) is 2.09. The molecule has 0 saturated heterocycles. The van der Waals surface area contributed by atoms with Gasteiger partial charge in [0.1, 0.15) is 6.04 Å². The molecule has 0 aliphatic heterocycles. The Hall–Kier alpha value is -1.10. The van der Waals surface area contributed by atoms with E-state index in [1.807, 2.05) is 18.7 Å². The van der Waals surface area contributed by atoms with E-state index in [1.165, 1.54) is 0 Å². The zero-order valence-corrected chi connectivity index (χ0v) is 14.0. The van der Waals surface area contributed by atoms with E-state index in [2.05, 4.69) is 13.8 Å². The second-order valence-electron chi connectivity index (χ2n) is 5.14. The second-order valence-corrected chi connectivity index (χ2v) is 5.14. The Morgan fingerprint density at radius 1 is 0.857 bits per heavy atom. The molecule has 5 heteroatoms. The van der Waals surface area contributed by atoms with Crippen LogP contribution in [-0.2, 0) is 19.1 Å². The SMILES string of the molecule is CCCOC(=O)CC(C(=O)OCCC)N(CCC)CCC. The topological polar surface area (TPSA) is 55.8 Å². The summed E-state index contributed by atoms with van der Waals surface area (Å²) < 4.78 is 10.4. The van der Waals surface area contributed by atoms with Crippen molar-refractivity contribution in [2.45, 2.75) is 65.8 Å². The van der Waals surface area contributed by atoms with E-state index in [1.54, 1.807) is 0 Å². The summed E-state index contributed by atoms with van der Waals surface area (Å²) in [5.41, 5.74) is 0. The van der Waals surface area contributed by atoms with Gasteiger partial charge in [-0.3, -0.25) is 14.5 Å². The van der Waals surface area contributed by atoms with Crippen molar-refractivity contribution in [1.29, 1.82) is 0 Å². The van der Waals surface area contributed by atoms with Crippen LogP contribution in [0.15, 0.2) is 0 Å².